The number of pyridine rings is 1. The van der Waals surface area contributed by atoms with E-state index in [1.54, 1.807) is 17.0 Å². The number of rotatable bonds is 3. The number of halogens is 2. The van der Waals surface area contributed by atoms with Crippen LogP contribution in [0.4, 0.5) is 20.3 Å². The van der Waals surface area contributed by atoms with Crippen LogP contribution in [0.15, 0.2) is 59.9 Å². The van der Waals surface area contributed by atoms with E-state index in [2.05, 4.69) is 25.4 Å². The molecule has 2 aromatic heterocycles. The van der Waals surface area contributed by atoms with E-state index in [0.717, 1.165) is 24.0 Å². The van der Waals surface area contributed by atoms with E-state index in [4.69, 9.17) is 4.98 Å². The van der Waals surface area contributed by atoms with Crippen molar-refractivity contribution in [2.75, 3.05) is 43.0 Å². The zero-order valence-corrected chi connectivity index (χ0v) is 26.2. The number of carbonyl (C=O) groups is 1. The molecule has 0 spiro atoms. The van der Waals surface area contributed by atoms with Gasteiger partial charge in [0.15, 0.2) is 11.5 Å². The number of piperazine rings is 1. The van der Waals surface area contributed by atoms with Crippen molar-refractivity contribution >= 4 is 28.4 Å². The van der Waals surface area contributed by atoms with Gasteiger partial charge in [0.05, 0.1) is 16.6 Å². The van der Waals surface area contributed by atoms with Crippen LogP contribution >= 0.6 is 0 Å². The van der Waals surface area contributed by atoms with Crippen LogP contribution in [0.3, 0.4) is 0 Å². The van der Waals surface area contributed by atoms with E-state index < -0.39 is 17.3 Å². The molecule has 2 bridgehead atoms. The summed E-state index contributed by atoms with van der Waals surface area (Å²) in [6.45, 7) is 11.5. The number of benzene rings is 2. The molecule has 2 aromatic carbocycles. The monoisotopic (exact) mass is 612 g/mol. The minimum atomic E-state index is -0.712. The van der Waals surface area contributed by atoms with Crippen LogP contribution in [0.2, 0.25) is 0 Å². The Morgan fingerprint density at radius 2 is 1.82 bits per heavy atom. The van der Waals surface area contributed by atoms with Crippen LogP contribution in [-0.4, -0.2) is 64.6 Å². The zero-order valence-electron chi connectivity index (χ0n) is 26.2. The maximum absolute atomic E-state index is 16.4. The molecule has 234 valence electrons. The lowest BCUT2D eigenvalue weighted by Crippen LogP contribution is -2.54. The Hall–Kier alpha value is -4.60. The van der Waals surface area contributed by atoms with Crippen molar-refractivity contribution in [2.24, 2.45) is 0 Å². The predicted octanol–water partition coefficient (Wildman–Crippen LogP) is 5.84. The molecule has 0 aliphatic carbocycles. The molecule has 0 saturated carbocycles. The Balaban J connectivity index is 1.69. The highest BCUT2D eigenvalue weighted by atomic mass is 19.1. The maximum atomic E-state index is 16.4. The number of carbonyl (C=O) groups excluding carboxylic acids is 1. The largest absolute Gasteiger partial charge is 0.374 e. The van der Waals surface area contributed by atoms with Gasteiger partial charge in [0.2, 0.25) is 5.91 Å². The molecule has 0 unspecified atom stereocenters. The lowest BCUT2D eigenvalue weighted by atomic mass is 9.95. The van der Waals surface area contributed by atoms with Gasteiger partial charge in [-0.2, -0.15) is 4.98 Å². The molecule has 2 aliphatic rings. The third-order valence-electron chi connectivity index (χ3n) is 9.01. The highest BCUT2D eigenvalue weighted by molar-refractivity contribution is 5.92. The van der Waals surface area contributed by atoms with E-state index in [1.807, 2.05) is 42.0 Å². The van der Waals surface area contributed by atoms with Crippen LogP contribution in [-0.2, 0) is 11.2 Å². The van der Waals surface area contributed by atoms with Crippen molar-refractivity contribution in [2.45, 2.75) is 52.0 Å². The number of anilines is 2. The first-order valence-corrected chi connectivity index (χ1v) is 15.5. The third kappa shape index (κ3) is 5.36. The minimum absolute atomic E-state index is 0.0540. The average molecular weight is 613 g/mol. The van der Waals surface area contributed by atoms with Crippen LogP contribution in [0.5, 0.6) is 0 Å². The lowest BCUT2D eigenvalue weighted by Gasteiger charge is -2.40. The molecule has 1 amide bonds. The maximum Gasteiger partial charge on any atom is 0.355 e. The summed E-state index contributed by atoms with van der Waals surface area (Å²) >= 11 is 0. The fraction of sp³-hybridized carbons (Fsp3) is 0.371. The summed E-state index contributed by atoms with van der Waals surface area (Å²) in [7, 11) is 1.87. The van der Waals surface area contributed by atoms with Gasteiger partial charge in [-0.05, 0) is 67.5 Å². The number of aryl methyl sites for hydroxylation is 1. The first-order chi connectivity index (χ1) is 21.6. The number of amides is 1. The molecule has 4 heterocycles. The molecule has 0 N–H and O–H groups in total. The fourth-order valence-corrected chi connectivity index (χ4v) is 6.70. The summed E-state index contributed by atoms with van der Waals surface area (Å²) in [5, 5.41) is 0.344. The number of hydrogen-bond acceptors (Lipinski definition) is 6. The molecule has 4 aromatic rings. The highest BCUT2D eigenvalue weighted by Crippen LogP contribution is 2.38. The van der Waals surface area contributed by atoms with Crippen molar-refractivity contribution in [1.82, 2.24) is 19.4 Å². The third-order valence-corrected chi connectivity index (χ3v) is 9.01. The zero-order chi connectivity index (χ0) is 32.0. The predicted molar refractivity (Wildman–Crippen MR) is 174 cm³/mol. The van der Waals surface area contributed by atoms with Gasteiger partial charge in [-0.1, -0.05) is 44.7 Å². The van der Waals surface area contributed by atoms with Crippen molar-refractivity contribution in [3.05, 3.63) is 88.4 Å². The van der Waals surface area contributed by atoms with E-state index >= 15 is 8.78 Å². The molecule has 1 atom stereocenters. The van der Waals surface area contributed by atoms with Crippen LogP contribution in [0, 0.1) is 11.6 Å². The Labute approximate surface area is 261 Å². The van der Waals surface area contributed by atoms with Gasteiger partial charge in [-0.25, -0.2) is 23.1 Å². The second-order valence-corrected chi connectivity index (χ2v) is 12.3. The van der Waals surface area contributed by atoms with Crippen LogP contribution < -0.4 is 15.5 Å². The Kier molecular flexibility index (Phi) is 8.16. The van der Waals surface area contributed by atoms with Gasteiger partial charge in [0.25, 0.3) is 0 Å². The summed E-state index contributed by atoms with van der Waals surface area (Å²) < 4.78 is 33.5. The number of fused-ring (bicyclic) bond motifs is 5. The molecule has 2 aliphatic heterocycles. The molecule has 1 fully saturated rings. The van der Waals surface area contributed by atoms with Crippen LogP contribution in [0.25, 0.3) is 28.0 Å². The SMILES string of the molecule is C=CC(=O)N1CCN(c2nc(=O)n3c4nc(c(F)cc24)-c2c(F)cccc2N(C)CCCCc2cccc(C(C)C)c2-3)[C@@H](C)C1. The Morgan fingerprint density at radius 1 is 1.04 bits per heavy atom. The fourth-order valence-electron chi connectivity index (χ4n) is 6.70. The van der Waals surface area contributed by atoms with Crippen molar-refractivity contribution in [3.63, 3.8) is 0 Å². The van der Waals surface area contributed by atoms with Gasteiger partial charge in [0, 0.05) is 45.0 Å². The summed E-state index contributed by atoms with van der Waals surface area (Å²) in [5.74, 6) is -1.12. The number of nitrogens with zero attached hydrogens (tertiary/aromatic N) is 6. The van der Waals surface area contributed by atoms with E-state index in [1.165, 1.54) is 22.8 Å². The van der Waals surface area contributed by atoms with Crippen molar-refractivity contribution < 1.29 is 13.6 Å². The van der Waals surface area contributed by atoms with Crippen LogP contribution in [0.1, 0.15) is 50.7 Å². The highest BCUT2D eigenvalue weighted by Gasteiger charge is 2.31. The molecular formula is C35H38F2N6O2. The van der Waals surface area contributed by atoms with E-state index in [9.17, 15) is 9.59 Å². The molecule has 6 rings (SSSR count). The summed E-state index contributed by atoms with van der Waals surface area (Å²) in [5.41, 5.74) is 2.70. The standard InChI is InChI=1S/C35H38F2N6O2/c1-6-29(44)41-17-18-42(22(4)20-41)33-25-19-27(37)31-30-26(36)14-10-15-28(30)40(5)16-8-7-11-23-12-9-13-24(21(2)3)32(23)43(34(25)38-31)35(45)39-33/h6,9-10,12-15,19,21-22H,1,7-8,11,16-18,20H2,2-5H3/t22-/m0/s1. The summed E-state index contributed by atoms with van der Waals surface area (Å²) in [6.07, 6.45) is 3.63. The number of aromatic nitrogens is 3. The second kappa shape index (κ2) is 12.1. The van der Waals surface area contributed by atoms with Crippen molar-refractivity contribution in [3.8, 4) is 16.9 Å². The normalized spacial score (nSPS) is 17.0. The summed E-state index contributed by atoms with van der Waals surface area (Å²) in [6, 6.07) is 11.8. The lowest BCUT2D eigenvalue weighted by molar-refractivity contribution is -0.126. The number of para-hydroxylation sites is 1. The quantitative estimate of drug-likeness (QED) is 0.271. The smallest absolute Gasteiger partial charge is 0.355 e. The molecule has 1 saturated heterocycles. The Morgan fingerprint density at radius 3 is 2.56 bits per heavy atom. The van der Waals surface area contributed by atoms with Gasteiger partial charge in [0.1, 0.15) is 17.3 Å². The Bertz CT molecular complexity index is 1870. The number of hydrogen-bond donors (Lipinski definition) is 0. The average Bonchev–Trinajstić information content (AvgIpc) is 3.02. The minimum Gasteiger partial charge on any atom is -0.374 e. The topological polar surface area (TPSA) is 74.6 Å². The van der Waals surface area contributed by atoms with E-state index in [0.29, 0.717) is 55.2 Å². The molecule has 8 nitrogen and oxygen atoms in total. The van der Waals surface area contributed by atoms with E-state index in [-0.39, 0.29) is 34.8 Å². The van der Waals surface area contributed by atoms with Crippen molar-refractivity contribution in [1.29, 1.82) is 0 Å². The van der Waals surface area contributed by atoms with Gasteiger partial charge >= 0.3 is 5.69 Å². The first-order valence-electron chi connectivity index (χ1n) is 15.5. The molecular weight excluding hydrogens is 574 g/mol. The van der Waals surface area contributed by atoms with Gasteiger partial charge in [-0.15, -0.1) is 0 Å². The second-order valence-electron chi connectivity index (χ2n) is 12.3. The van der Waals surface area contributed by atoms with Gasteiger partial charge in [-0.3, -0.25) is 4.79 Å². The molecule has 10 heteroatoms. The first kappa shape index (κ1) is 30.4. The molecule has 45 heavy (non-hydrogen) atoms. The molecule has 0 radical (unpaired) electrons. The van der Waals surface area contributed by atoms with Gasteiger partial charge < -0.3 is 14.7 Å². The summed E-state index contributed by atoms with van der Waals surface area (Å²) in [4.78, 5) is 41.6.